The summed E-state index contributed by atoms with van der Waals surface area (Å²) in [6.07, 6.45) is 8.69. The molecule has 1 fully saturated rings. The molecule has 0 radical (unpaired) electrons. The van der Waals surface area contributed by atoms with Gasteiger partial charge in [-0.15, -0.1) is 0 Å². The molecule has 7 heteroatoms. The first kappa shape index (κ1) is 19.1. The van der Waals surface area contributed by atoms with Crippen molar-refractivity contribution in [2.45, 2.75) is 18.8 Å². The number of para-hydroxylation sites is 1. The standard InChI is InChI=1S/C24H22N6O/c31-24(19-7-3-5-18-6-4-12-27-23(18)19)30-13-9-17(10-14-30)20-15-25-16-22(28-20)29-21-8-1-2-11-26-21/h1-8,11-12,15-17H,9-10,13-14H2,(H,26,28,29). The quantitative estimate of drug-likeness (QED) is 0.543. The number of carbonyl (C=O) groups excluding carboxylic acids is 1. The summed E-state index contributed by atoms with van der Waals surface area (Å²) in [5.74, 6) is 1.72. The number of nitrogens with one attached hydrogen (secondary N) is 1. The Morgan fingerprint density at radius 1 is 0.903 bits per heavy atom. The minimum atomic E-state index is 0.0411. The second-order valence-electron chi connectivity index (χ2n) is 7.62. The smallest absolute Gasteiger partial charge is 0.256 e. The van der Waals surface area contributed by atoms with Crippen molar-refractivity contribution in [2.75, 3.05) is 18.4 Å². The molecule has 1 N–H and O–H groups in total. The van der Waals surface area contributed by atoms with Gasteiger partial charge in [0.1, 0.15) is 11.6 Å². The molecule has 0 atom stereocenters. The van der Waals surface area contributed by atoms with Crippen LogP contribution in [0.25, 0.3) is 10.9 Å². The molecular weight excluding hydrogens is 388 g/mol. The average molecular weight is 410 g/mol. The number of aromatic nitrogens is 4. The summed E-state index contributed by atoms with van der Waals surface area (Å²) in [5, 5.41) is 4.17. The summed E-state index contributed by atoms with van der Waals surface area (Å²) in [6, 6.07) is 15.3. The Bertz CT molecular complexity index is 1200. The molecule has 3 aromatic heterocycles. The van der Waals surface area contributed by atoms with E-state index >= 15 is 0 Å². The zero-order valence-electron chi connectivity index (χ0n) is 17.0. The molecule has 1 aliphatic rings. The maximum atomic E-state index is 13.2. The normalized spacial score (nSPS) is 14.5. The lowest BCUT2D eigenvalue weighted by molar-refractivity contribution is 0.0714. The second kappa shape index (κ2) is 8.47. The lowest BCUT2D eigenvalue weighted by Crippen LogP contribution is -2.38. The van der Waals surface area contributed by atoms with Crippen molar-refractivity contribution in [3.05, 3.63) is 84.6 Å². The first-order chi connectivity index (χ1) is 15.3. The minimum Gasteiger partial charge on any atom is -0.339 e. The average Bonchev–Trinajstić information content (AvgIpc) is 2.84. The monoisotopic (exact) mass is 410 g/mol. The summed E-state index contributed by atoms with van der Waals surface area (Å²) >= 11 is 0. The van der Waals surface area contributed by atoms with Crippen LogP contribution in [0.5, 0.6) is 0 Å². The van der Waals surface area contributed by atoms with Crippen LogP contribution in [-0.2, 0) is 0 Å². The van der Waals surface area contributed by atoms with Gasteiger partial charge in [-0.2, -0.15) is 0 Å². The zero-order valence-corrected chi connectivity index (χ0v) is 17.0. The summed E-state index contributed by atoms with van der Waals surface area (Å²) in [7, 11) is 0. The van der Waals surface area contributed by atoms with Crippen LogP contribution in [0.2, 0.25) is 0 Å². The molecule has 4 heterocycles. The van der Waals surface area contributed by atoms with Crippen molar-refractivity contribution in [3.8, 4) is 0 Å². The van der Waals surface area contributed by atoms with Gasteiger partial charge in [0, 0.05) is 43.0 Å². The Labute approximate surface area is 180 Å². The van der Waals surface area contributed by atoms with Crippen LogP contribution in [0.4, 0.5) is 11.6 Å². The summed E-state index contributed by atoms with van der Waals surface area (Å²) in [4.78, 5) is 32.9. The van der Waals surface area contributed by atoms with Crippen molar-refractivity contribution in [3.63, 3.8) is 0 Å². The van der Waals surface area contributed by atoms with Gasteiger partial charge in [-0.25, -0.2) is 9.97 Å². The van der Waals surface area contributed by atoms with Gasteiger partial charge >= 0.3 is 0 Å². The van der Waals surface area contributed by atoms with Crippen LogP contribution in [0.1, 0.15) is 34.8 Å². The topological polar surface area (TPSA) is 83.9 Å². The fraction of sp³-hybridized carbons (Fsp3) is 0.208. The molecule has 0 unspecified atom stereocenters. The molecule has 0 saturated carbocycles. The maximum Gasteiger partial charge on any atom is 0.256 e. The van der Waals surface area contributed by atoms with Crippen LogP contribution in [0.3, 0.4) is 0 Å². The highest BCUT2D eigenvalue weighted by Gasteiger charge is 2.26. The number of amides is 1. The third-order valence-electron chi connectivity index (χ3n) is 5.64. The van der Waals surface area contributed by atoms with Crippen molar-refractivity contribution in [1.82, 2.24) is 24.8 Å². The van der Waals surface area contributed by atoms with Crippen LogP contribution in [-0.4, -0.2) is 43.8 Å². The van der Waals surface area contributed by atoms with E-state index in [1.807, 2.05) is 59.6 Å². The number of carbonyl (C=O) groups is 1. The predicted molar refractivity (Wildman–Crippen MR) is 119 cm³/mol. The van der Waals surface area contributed by atoms with Gasteiger partial charge in [0.25, 0.3) is 5.91 Å². The molecule has 0 aliphatic carbocycles. The first-order valence-corrected chi connectivity index (χ1v) is 10.4. The Morgan fingerprint density at radius 3 is 2.58 bits per heavy atom. The number of benzene rings is 1. The highest BCUT2D eigenvalue weighted by Crippen LogP contribution is 2.29. The van der Waals surface area contributed by atoms with E-state index in [9.17, 15) is 4.79 Å². The van der Waals surface area contributed by atoms with Crippen molar-refractivity contribution >= 4 is 28.4 Å². The van der Waals surface area contributed by atoms with E-state index in [1.54, 1.807) is 18.6 Å². The van der Waals surface area contributed by atoms with E-state index in [4.69, 9.17) is 4.98 Å². The fourth-order valence-electron chi connectivity index (χ4n) is 4.03. The fourth-order valence-corrected chi connectivity index (χ4v) is 4.03. The largest absolute Gasteiger partial charge is 0.339 e. The Kier molecular flexibility index (Phi) is 5.22. The van der Waals surface area contributed by atoms with Gasteiger partial charge in [-0.05, 0) is 37.1 Å². The number of rotatable bonds is 4. The molecule has 1 aliphatic heterocycles. The molecule has 4 aromatic rings. The number of anilines is 2. The lowest BCUT2D eigenvalue weighted by Gasteiger charge is -2.32. The number of fused-ring (bicyclic) bond motifs is 1. The van der Waals surface area contributed by atoms with Crippen LogP contribution >= 0.6 is 0 Å². The molecule has 31 heavy (non-hydrogen) atoms. The van der Waals surface area contributed by atoms with E-state index in [0.717, 1.165) is 35.3 Å². The van der Waals surface area contributed by atoms with E-state index in [2.05, 4.69) is 20.3 Å². The number of piperidine rings is 1. The highest BCUT2D eigenvalue weighted by atomic mass is 16.2. The number of hydrogen-bond donors (Lipinski definition) is 1. The van der Waals surface area contributed by atoms with Crippen molar-refractivity contribution in [1.29, 1.82) is 0 Å². The van der Waals surface area contributed by atoms with Crippen molar-refractivity contribution < 1.29 is 4.79 Å². The van der Waals surface area contributed by atoms with Gasteiger partial charge < -0.3 is 10.2 Å². The zero-order chi connectivity index (χ0) is 21.0. The molecule has 1 saturated heterocycles. The predicted octanol–water partition coefficient (Wildman–Crippen LogP) is 4.18. The molecule has 0 spiro atoms. The van der Waals surface area contributed by atoms with Crippen LogP contribution in [0, 0.1) is 0 Å². The van der Waals surface area contributed by atoms with E-state index in [1.165, 1.54) is 0 Å². The Balaban J connectivity index is 1.27. The van der Waals surface area contributed by atoms with Gasteiger partial charge in [-0.1, -0.05) is 24.3 Å². The molecule has 1 aromatic carbocycles. The third-order valence-corrected chi connectivity index (χ3v) is 5.64. The summed E-state index contributed by atoms with van der Waals surface area (Å²) in [5.41, 5.74) is 2.37. The molecular formula is C24H22N6O. The number of likely N-dealkylation sites (tertiary alicyclic amines) is 1. The van der Waals surface area contributed by atoms with Crippen LogP contribution in [0.15, 0.2) is 73.3 Å². The lowest BCUT2D eigenvalue weighted by atomic mass is 9.93. The second-order valence-corrected chi connectivity index (χ2v) is 7.62. The molecule has 154 valence electrons. The van der Waals surface area contributed by atoms with E-state index in [-0.39, 0.29) is 11.8 Å². The van der Waals surface area contributed by atoms with Crippen molar-refractivity contribution in [2.24, 2.45) is 0 Å². The number of nitrogens with zero attached hydrogens (tertiary/aromatic N) is 5. The minimum absolute atomic E-state index is 0.0411. The molecule has 1 amide bonds. The van der Waals surface area contributed by atoms with Gasteiger partial charge in [0.15, 0.2) is 0 Å². The molecule has 5 rings (SSSR count). The Morgan fingerprint density at radius 2 is 1.74 bits per heavy atom. The number of pyridine rings is 2. The van der Waals surface area contributed by atoms with Gasteiger partial charge in [0.05, 0.1) is 23.0 Å². The van der Waals surface area contributed by atoms with Gasteiger partial charge in [-0.3, -0.25) is 14.8 Å². The van der Waals surface area contributed by atoms with E-state index in [0.29, 0.717) is 24.5 Å². The first-order valence-electron chi connectivity index (χ1n) is 10.4. The summed E-state index contributed by atoms with van der Waals surface area (Å²) in [6.45, 7) is 1.37. The van der Waals surface area contributed by atoms with Gasteiger partial charge in [0.2, 0.25) is 0 Å². The Hall–Kier alpha value is -3.87. The van der Waals surface area contributed by atoms with E-state index < -0.39 is 0 Å². The SMILES string of the molecule is O=C(c1cccc2cccnc12)N1CCC(c2cncc(Nc3ccccn3)n2)CC1. The summed E-state index contributed by atoms with van der Waals surface area (Å²) < 4.78 is 0. The highest BCUT2D eigenvalue weighted by molar-refractivity contribution is 6.05. The maximum absolute atomic E-state index is 13.2. The number of hydrogen-bond acceptors (Lipinski definition) is 6. The van der Waals surface area contributed by atoms with Crippen LogP contribution < -0.4 is 5.32 Å². The third kappa shape index (κ3) is 4.07. The molecule has 0 bridgehead atoms. The molecule has 7 nitrogen and oxygen atoms in total.